The van der Waals surface area contributed by atoms with Gasteiger partial charge in [-0.25, -0.2) is 4.79 Å². The molecule has 1 rings (SSSR count). The summed E-state index contributed by atoms with van der Waals surface area (Å²) in [5.41, 5.74) is -0.747. The van der Waals surface area contributed by atoms with Crippen LogP contribution in [0.2, 0.25) is 0 Å². The molecule has 1 atom stereocenters. The molecule has 5 heteroatoms. The average Bonchev–Trinajstić information content (AvgIpc) is 2.37. The Labute approximate surface area is 111 Å². The molecule has 0 aliphatic carbocycles. The first-order valence-electron chi connectivity index (χ1n) is 5.65. The smallest absolute Gasteiger partial charge is 0.334 e. The predicted molar refractivity (Wildman–Crippen MR) is 72.6 cm³/mol. The molecule has 0 spiro atoms. The number of hydrogen-bond acceptors (Lipinski definition) is 3. The van der Waals surface area contributed by atoms with Crippen molar-refractivity contribution in [3.8, 4) is 0 Å². The van der Waals surface area contributed by atoms with E-state index in [0.29, 0.717) is 12.0 Å². The van der Waals surface area contributed by atoms with Crippen LogP contribution in [0.5, 0.6) is 0 Å². The van der Waals surface area contributed by atoms with E-state index >= 15 is 0 Å². The van der Waals surface area contributed by atoms with Gasteiger partial charge >= 0.3 is 5.97 Å². The summed E-state index contributed by atoms with van der Waals surface area (Å²) < 4.78 is 0. The summed E-state index contributed by atoms with van der Waals surface area (Å²) in [6.45, 7) is 1.75. The quantitative estimate of drug-likeness (QED) is 0.825. The highest BCUT2D eigenvalue weighted by molar-refractivity contribution is 7.99. The first kappa shape index (κ1) is 14.6. The minimum absolute atomic E-state index is 0.252. The van der Waals surface area contributed by atoms with Gasteiger partial charge in [0.2, 0.25) is 5.91 Å². The standard InChI is InChI=1S/C13H17NO3S/c1-3-13(12(16)17,14-11(15)9-18-2)10-7-5-4-6-8-10/h4-8H,3,9H2,1-2H3,(H,14,15)(H,16,17). The Morgan fingerprint density at radius 2 is 1.94 bits per heavy atom. The molecular formula is C13H17NO3S. The van der Waals surface area contributed by atoms with E-state index in [0.717, 1.165) is 0 Å². The Morgan fingerprint density at radius 1 is 1.33 bits per heavy atom. The van der Waals surface area contributed by atoms with Crippen molar-refractivity contribution in [2.45, 2.75) is 18.9 Å². The number of benzene rings is 1. The maximum atomic E-state index is 11.7. The molecule has 0 aliphatic rings. The van der Waals surface area contributed by atoms with Crippen LogP contribution in [-0.4, -0.2) is 29.0 Å². The summed E-state index contributed by atoms with van der Waals surface area (Å²) in [5.74, 6) is -1.05. The maximum absolute atomic E-state index is 11.7. The van der Waals surface area contributed by atoms with E-state index in [9.17, 15) is 14.7 Å². The number of carboxylic acids is 1. The molecule has 0 saturated heterocycles. The van der Waals surface area contributed by atoms with Gasteiger partial charge in [0.1, 0.15) is 0 Å². The van der Waals surface area contributed by atoms with Crippen molar-refractivity contribution in [2.75, 3.05) is 12.0 Å². The molecule has 0 heterocycles. The van der Waals surface area contributed by atoms with Gasteiger partial charge in [-0.3, -0.25) is 4.79 Å². The molecule has 2 N–H and O–H groups in total. The lowest BCUT2D eigenvalue weighted by Gasteiger charge is -2.29. The third kappa shape index (κ3) is 3.04. The van der Waals surface area contributed by atoms with Crippen molar-refractivity contribution in [3.63, 3.8) is 0 Å². The van der Waals surface area contributed by atoms with Crippen LogP contribution in [0.1, 0.15) is 18.9 Å². The van der Waals surface area contributed by atoms with Gasteiger partial charge in [-0.2, -0.15) is 11.8 Å². The van der Waals surface area contributed by atoms with Crippen molar-refractivity contribution in [1.29, 1.82) is 0 Å². The van der Waals surface area contributed by atoms with Gasteiger partial charge in [0.25, 0.3) is 0 Å². The van der Waals surface area contributed by atoms with Gasteiger partial charge in [-0.15, -0.1) is 0 Å². The fourth-order valence-electron chi connectivity index (χ4n) is 1.82. The Balaban J connectivity index is 3.10. The second-order valence-electron chi connectivity index (χ2n) is 3.91. The van der Waals surface area contributed by atoms with Gasteiger partial charge < -0.3 is 10.4 Å². The van der Waals surface area contributed by atoms with E-state index in [-0.39, 0.29) is 11.7 Å². The van der Waals surface area contributed by atoms with Crippen molar-refractivity contribution in [3.05, 3.63) is 35.9 Å². The first-order valence-corrected chi connectivity index (χ1v) is 7.05. The van der Waals surface area contributed by atoms with E-state index in [2.05, 4.69) is 5.32 Å². The summed E-state index contributed by atoms with van der Waals surface area (Å²) in [5, 5.41) is 12.1. The zero-order valence-corrected chi connectivity index (χ0v) is 11.3. The highest BCUT2D eigenvalue weighted by atomic mass is 32.2. The first-order chi connectivity index (χ1) is 8.56. The fourth-order valence-corrected chi connectivity index (χ4v) is 2.16. The lowest BCUT2D eigenvalue weighted by atomic mass is 9.87. The fraction of sp³-hybridized carbons (Fsp3) is 0.385. The lowest BCUT2D eigenvalue weighted by Crippen LogP contribution is -2.52. The molecule has 1 aromatic carbocycles. The number of carbonyl (C=O) groups excluding carboxylic acids is 1. The Bertz CT molecular complexity index is 422. The zero-order chi connectivity index (χ0) is 13.6. The molecule has 0 aromatic heterocycles. The molecule has 4 nitrogen and oxygen atoms in total. The number of carbonyl (C=O) groups is 2. The second-order valence-corrected chi connectivity index (χ2v) is 4.78. The number of hydrogen-bond donors (Lipinski definition) is 2. The highest BCUT2D eigenvalue weighted by Gasteiger charge is 2.39. The summed E-state index contributed by atoms with van der Waals surface area (Å²) in [6.07, 6.45) is 2.10. The molecule has 1 unspecified atom stereocenters. The van der Waals surface area contributed by atoms with Crippen LogP contribution in [0, 0.1) is 0 Å². The molecule has 0 fully saturated rings. The summed E-state index contributed by atoms with van der Waals surface area (Å²) >= 11 is 1.36. The Kier molecular flexibility index (Phi) is 5.22. The molecule has 18 heavy (non-hydrogen) atoms. The summed E-state index contributed by atoms with van der Waals surface area (Å²) in [7, 11) is 0. The minimum atomic E-state index is -1.34. The topological polar surface area (TPSA) is 66.4 Å². The number of thioether (sulfide) groups is 1. The largest absolute Gasteiger partial charge is 0.479 e. The zero-order valence-electron chi connectivity index (χ0n) is 10.5. The van der Waals surface area contributed by atoms with E-state index < -0.39 is 11.5 Å². The van der Waals surface area contributed by atoms with Gasteiger partial charge in [0, 0.05) is 0 Å². The van der Waals surface area contributed by atoms with Crippen LogP contribution >= 0.6 is 11.8 Å². The van der Waals surface area contributed by atoms with Crippen LogP contribution in [0.25, 0.3) is 0 Å². The molecule has 0 radical (unpaired) electrons. The third-order valence-electron chi connectivity index (χ3n) is 2.79. The van der Waals surface area contributed by atoms with Gasteiger partial charge in [-0.05, 0) is 18.2 Å². The van der Waals surface area contributed by atoms with E-state index in [1.54, 1.807) is 37.4 Å². The number of nitrogens with one attached hydrogen (secondary N) is 1. The Hall–Kier alpha value is -1.49. The molecule has 1 amide bonds. The maximum Gasteiger partial charge on any atom is 0.334 e. The summed E-state index contributed by atoms with van der Waals surface area (Å²) in [4.78, 5) is 23.3. The number of amides is 1. The number of carboxylic acid groups (broad SMARTS) is 1. The predicted octanol–water partition coefficient (Wildman–Crippen LogP) is 1.86. The van der Waals surface area contributed by atoms with Crippen molar-refractivity contribution >= 4 is 23.6 Å². The Morgan fingerprint density at radius 3 is 2.39 bits per heavy atom. The SMILES string of the molecule is CCC(NC(=O)CSC)(C(=O)O)c1ccccc1. The van der Waals surface area contributed by atoms with Crippen molar-refractivity contribution in [2.24, 2.45) is 0 Å². The molecule has 0 saturated carbocycles. The van der Waals surface area contributed by atoms with E-state index in [1.807, 2.05) is 6.07 Å². The van der Waals surface area contributed by atoms with Crippen LogP contribution in [0.3, 0.4) is 0 Å². The third-order valence-corrected chi connectivity index (χ3v) is 3.34. The normalized spacial score (nSPS) is 13.7. The molecule has 1 aromatic rings. The van der Waals surface area contributed by atoms with Crippen LogP contribution in [0.4, 0.5) is 0 Å². The highest BCUT2D eigenvalue weighted by Crippen LogP contribution is 2.25. The van der Waals surface area contributed by atoms with Crippen LogP contribution < -0.4 is 5.32 Å². The van der Waals surface area contributed by atoms with Gasteiger partial charge in [-0.1, -0.05) is 37.3 Å². The van der Waals surface area contributed by atoms with Crippen molar-refractivity contribution < 1.29 is 14.7 Å². The number of aliphatic carboxylic acids is 1. The van der Waals surface area contributed by atoms with Crippen molar-refractivity contribution in [1.82, 2.24) is 5.32 Å². The van der Waals surface area contributed by atoms with E-state index in [4.69, 9.17) is 0 Å². The minimum Gasteiger partial charge on any atom is -0.479 e. The van der Waals surface area contributed by atoms with Crippen LogP contribution in [0.15, 0.2) is 30.3 Å². The molecular weight excluding hydrogens is 250 g/mol. The van der Waals surface area contributed by atoms with E-state index in [1.165, 1.54) is 11.8 Å². The average molecular weight is 267 g/mol. The van der Waals surface area contributed by atoms with Gasteiger partial charge in [0.15, 0.2) is 5.54 Å². The number of rotatable bonds is 6. The monoisotopic (exact) mass is 267 g/mol. The summed E-state index contributed by atoms with van der Waals surface area (Å²) in [6, 6.07) is 8.79. The molecule has 0 bridgehead atoms. The van der Waals surface area contributed by atoms with Gasteiger partial charge in [0.05, 0.1) is 5.75 Å². The molecule has 98 valence electrons. The van der Waals surface area contributed by atoms with Crippen LogP contribution in [-0.2, 0) is 15.1 Å². The molecule has 0 aliphatic heterocycles. The lowest BCUT2D eigenvalue weighted by molar-refractivity contribution is -0.148. The second kappa shape index (κ2) is 6.44.